The van der Waals surface area contributed by atoms with Crippen molar-refractivity contribution < 1.29 is 23.9 Å². The Bertz CT molecular complexity index is 1650. The Kier molecular flexibility index (Phi) is 8.07. The quantitative estimate of drug-likeness (QED) is 0.232. The van der Waals surface area contributed by atoms with Crippen molar-refractivity contribution in [2.45, 2.75) is 11.8 Å². The Morgan fingerprint density at radius 3 is 2.24 bits per heavy atom. The summed E-state index contributed by atoms with van der Waals surface area (Å²) in [5.41, 5.74) is 3.06. The zero-order chi connectivity index (χ0) is 28.9. The van der Waals surface area contributed by atoms with Gasteiger partial charge in [-0.25, -0.2) is 4.90 Å². The smallest absolute Gasteiger partial charge is 0.283 e. The van der Waals surface area contributed by atoms with E-state index in [4.69, 9.17) is 9.47 Å². The van der Waals surface area contributed by atoms with E-state index in [0.29, 0.717) is 39.0 Å². The molecule has 0 atom stereocenters. The zero-order valence-electron chi connectivity index (χ0n) is 22.6. The first-order valence-corrected chi connectivity index (χ1v) is 13.5. The van der Waals surface area contributed by atoms with Crippen molar-refractivity contribution in [3.8, 4) is 11.5 Å². The predicted molar refractivity (Wildman–Crippen MR) is 161 cm³/mol. The van der Waals surface area contributed by atoms with Gasteiger partial charge < -0.3 is 20.1 Å². The molecule has 0 saturated heterocycles. The molecule has 0 spiro atoms. The number of aryl methyl sites for hydroxylation is 1. The number of hydrogen-bond donors (Lipinski definition) is 2. The molecule has 4 aromatic carbocycles. The molecule has 0 aromatic heterocycles. The maximum Gasteiger partial charge on any atom is 0.283 e. The molecule has 0 bridgehead atoms. The van der Waals surface area contributed by atoms with Crippen molar-refractivity contribution in [3.05, 3.63) is 119 Å². The molecule has 1 aliphatic rings. The molecule has 5 rings (SSSR count). The Morgan fingerprint density at radius 2 is 1.54 bits per heavy atom. The third-order valence-corrected chi connectivity index (χ3v) is 7.40. The van der Waals surface area contributed by atoms with Gasteiger partial charge in [-0.05, 0) is 79.2 Å². The van der Waals surface area contributed by atoms with Gasteiger partial charge in [0.15, 0.2) is 0 Å². The number of nitrogens with one attached hydrogen (secondary N) is 2. The Balaban J connectivity index is 1.49. The average Bonchev–Trinajstić information content (AvgIpc) is 3.21. The lowest BCUT2D eigenvalue weighted by molar-refractivity contribution is -0.120. The summed E-state index contributed by atoms with van der Waals surface area (Å²) in [6.07, 6.45) is 0. The number of rotatable bonds is 9. The van der Waals surface area contributed by atoms with Crippen LogP contribution in [-0.2, 0) is 9.59 Å². The number of imide groups is 1. The van der Waals surface area contributed by atoms with Crippen molar-refractivity contribution >= 4 is 46.5 Å². The first kappa shape index (κ1) is 27.5. The third-order valence-electron chi connectivity index (χ3n) is 6.32. The summed E-state index contributed by atoms with van der Waals surface area (Å²) in [6, 6.07) is 28.4. The predicted octanol–water partition coefficient (Wildman–Crippen LogP) is 6.25. The first-order chi connectivity index (χ1) is 19.9. The summed E-state index contributed by atoms with van der Waals surface area (Å²) < 4.78 is 10.7. The fourth-order valence-electron chi connectivity index (χ4n) is 4.27. The molecule has 0 aliphatic carbocycles. The average molecular weight is 566 g/mol. The van der Waals surface area contributed by atoms with Crippen LogP contribution in [0.4, 0.5) is 17.1 Å². The highest BCUT2D eigenvalue weighted by atomic mass is 32.2. The van der Waals surface area contributed by atoms with E-state index in [0.717, 1.165) is 22.2 Å². The molecule has 41 heavy (non-hydrogen) atoms. The van der Waals surface area contributed by atoms with E-state index in [1.165, 1.54) is 7.11 Å². The van der Waals surface area contributed by atoms with Crippen molar-refractivity contribution in [1.29, 1.82) is 0 Å². The van der Waals surface area contributed by atoms with Gasteiger partial charge in [0.05, 0.1) is 19.9 Å². The van der Waals surface area contributed by atoms with Gasteiger partial charge in [-0.2, -0.15) is 0 Å². The number of benzene rings is 4. The van der Waals surface area contributed by atoms with Gasteiger partial charge >= 0.3 is 0 Å². The van der Waals surface area contributed by atoms with E-state index in [1.54, 1.807) is 86.0 Å². The molecule has 3 amide bonds. The normalized spacial score (nSPS) is 12.9. The number of carbonyl (C=O) groups excluding carboxylic acids is 3. The topological polar surface area (TPSA) is 97.0 Å². The number of hydrogen-bond acceptors (Lipinski definition) is 7. The van der Waals surface area contributed by atoms with Crippen LogP contribution in [0.5, 0.6) is 11.5 Å². The summed E-state index contributed by atoms with van der Waals surface area (Å²) in [7, 11) is 3.07. The number of amides is 3. The second-order valence-electron chi connectivity index (χ2n) is 9.13. The van der Waals surface area contributed by atoms with Crippen LogP contribution in [0.1, 0.15) is 15.9 Å². The summed E-state index contributed by atoms with van der Waals surface area (Å²) in [5.74, 6) is -0.186. The number of anilines is 3. The molecule has 2 N–H and O–H groups in total. The Morgan fingerprint density at radius 1 is 0.780 bits per heavy atom. The van der Waals surface area contributed by atoms with Crippen LogP contribution in [0.2, 0.25) is 0 Å². The highest BCUT2D eigenvalue weighted by molar-refractivity contribution is 8.04. The molecule has 0 radical (unpaired) electrons. The minimum atomic E-state index is -0.509. The van der Waals surface area contributed by atoms with E-state index < -0.39 is 11.8 Å². The first-order valence-electron chi connectivity index (χ1n) is 12.7. The Hall–Kier alpha value is -5.02. The van der Waals surface area contributed by atoms with Crippen LogP contribution in [-0.4, -0.2) is 31.9 Å². The summed E-state index contributed by atoms with van der Waals surface area (Å²) in [6.45, 7) is 1.88. The second kappa shape index (κ2) is 12.0. The molecule has 4 aromatic rings. The lowest BCUT2D eigenvalue weighted by atomic mass is 10.2. The van der Waals surface area contributed by atoms with Gasteiger partial charge in [-0.15, -0.1) is 0 Å². The number of nitrogens with zero attached hydrogens (tertiary/aromatic N) is 1. The highest BCUT2D eigenvalue weighted by Gasteiger charge is 2.41. The van der Waals surface area contributed by atoms with E-state index in [2.05, 4.69) is 10.6 Å². The van der Waals surface area contributed by atoms with Gasteiger partial charge in [0.2, 0.25) is 0 Å². The maximum absolute atomic E-state index is 13.9. The maximum atomic E-state index is 13.9. The minimum Gasteiger partial charge on any atom is -0.497 e. The third kappa shape index (κ3) is 5.95. The monoisotopic (exact) mass is 565 g/mol. The molecule has 206 valence electrons. The Labute approximate surface area is 242 Å². The zero-order valence-corrected chi connectivity index (χ0v) is 23.5. The van der Waals surface area contributed by atoms with Crippen LogP contribution in [0.15, 0.2) is 113 Å². The standard InChI is InChI=1S/C32H27N3O5S/c1-20-12-17-27(40-3)26(18-20)35-31(37)28(33-22-13-15-24(39-2)16-14-22)29(32(35)38)41-25-11-7-10-23(19-25)34-30(36)21-8-5-4-6-9-21/h4-19,33H,1-3H3,(H,34,36). The van der Waals surface area contributed by atoms with Gasteiger partial charge in [-0.3, -0.25) is 14.4 Å². The lowest BCUT2D eigenvalue weighted by Gasteiger charge is -2.19. The van der Waals surface area contributed by atoms with Gasteiger partial charge in [-0.1, -0.05) is 42.1 Å². The molecule has 9 heteroatoms. The molecule has 1 heterocycles. The molecule has 0 unspecified atom stereocenters. The van der Waals surface area contributed by atoms with Crippen molar-refractivity contribution in [1.82, 2.24) is 0 Å². The fourth-order valence-corrected chi connectivity index (χ4v) is 5.26. The summed E-state index contributed by atoms with van der Waals surface area (Å²) >= 11 is 1.14. The molecule has 0 saturated carbocycles. The van der Waals surface area contributed by atoms with Crippen LogP contribution in [0, 0.1) is 6.92 Å². The van der Waals surface area contributed by atoms with Crippen molar-refractivity contribution in [3.63, 3.8) is 0 Å². The van der Waals surface area contributed by atoms with Gasteiger partial charge in [0.1, 0.15) is 22.1 Å². The summed E-state index contributed by atoms with van der Waals surface area (Å²) in [5, 5.41) is 6.03. The number of thioether (sulfide) groups is 1. The number of ether oxygens (including phenoxy) is 2. The number of methoxy groups -OCH3 is 2. The second-order valence-corrected chi connectivity index (χ2v) is 10.2. The molecular weight excluding hydrogens is 538 g/mol. The van der Waals surface area contributed by atoms with E-state index in [-0.39, 0.29) is 16.5 Å². The minimum absolute atomic E-state index is 0.132. The molecule has 1 aliphatic heterocycles. The van der Waals surface area contributed by atoms with E-state index >= 15 is 0 Å². The van der Waals surface area contributed by atoms with Gasteiger partial charge in [0, 0.05) is 21.8 Å². The van der Waals surface area contributed by atoms with Crippen molar-refractivity contribution in [2.75, 3.05) is 29.8 Å². The number of carbonyl (C=O) groups is 3. The van der Waals surface area contributed by atoms with E-state index in [9.17, 15) is 14.4 Å². The van der Waals surface area contributed by atoms with Gasteiger partial charge in [0.25, 0.3) is 17.7 Å². The fraction of sp³-hybridized carbons (Fsp3) is 0.0938. The lowest BCUT2D eigenvalue weighted by Crippen LogP contribution is -2.32. The summed E-state index contributed by atoms with van der Waals surface area (Å²) in [4.78, 5) is 42.4. The molecule has 0 fully saturated rings. The van der Waals surface area contributed by atoms with Crippen molar-refractivity contribution in [2.24, 2.45) is 0 Å². The molecular formula is C32H27N3O5S. The molecule has 8 nitrogen and oxygen atoms in total. The SMILES string of the molecule is COc1ccc(NC2=C(Sc3cccc(NC(=O)c4ccccc4)c3)C(=O)N(c3cc(C)ccc3OC)C2=O)cc1. The van der Waals surface area contributed by atoms with Crippen LogP contribution >= 0.6 is 11.8 Å². The van der Waals surface area contributed by atoms with Crippen LogP contribution in [0.3, 0.4) is 0 Å². The largest absolute Gasteiger partial charge is 0.497 e. The van der Waals surface area contributed by atoms with Crippen LogP contribution < -0.4 is 25.0 Å². The van der Waals surface area contributed by atoms with Crippen LogP contribution in [0.25, 0.3) is 0 Å². The van der Waals surface area contributed by atoms with E-state index in [1.807, 2.05) is 25.1 Å². The highest BCUT2D eigenvalue weighted by Crippen LogP contribution is 2.41.